The second kappa shape index (κ2) is 4.16. The lowest BCUT2D eigenvalue weighted by Gasteiger charge is -2.20. The van der Waals surface area contributed by atoms with E-state index in [9.17, 15) is 9.90 Å². The Morgan fingerprint density at radius 3 is 2.71 bits per heavy atom. The molecule has 2 aromatic carbocycles. The molecule has 2 heterocycles. The summed E-state index contributed by atoms with van der Waals surface area (Å²) in [5.41, 5.74) is -0.931. The van der Waals surface area contributed by atoms with Crippen LogP contribution in [0.1, 0.15) is 12.7 Å². The number of hydrogen-bond donors (Lipinski definition) is 1. The molecule has 0 aliphatic carbocycles. The summed E-state index contributed by atoms with van der Waals surface area (Å²) in [6.45, 7) is 2.09. The van der Waals surface area contributed by atoms with Gasteiger partial charge in [-0.1, -0.05) is 30.3 Å². The molecule has 21 heavy (non-hydrogen) atoms. The summed E-state index contributed by atoms with van der Waals surface area (Å²) in [5.74, 6) is 0.249. The summed E-state index contributed by atoms with van der Waals surface area (Å²) >= 11 is 0. The van der Waals surface area contributed by atoms with E-state index in [0.29, 0.717) is 17.6 Å². The van der Waals surface area contributed by atoms with Gasteiger partial charge in [-0.25, -0.2) is 0 Å². The molecule has 0 bridgehead atoms. The molecule has 0 spiro atoms. The highest BCUT2D eigenvalue weighted by molar-refractivity contribution is 6.03. The largest absolute Gasteiger partial charge is 0.457 e. The van der Waals surface area contributed by atoms with Crippen molar-refractivity contribution in [1.29, 1.82) is 0 Å². The van der Waals surface area contributed by atoms with Crippen LogP contribution in [0.15, 0.2) is 51.7 Å². The molecule has 0 amide bonds. The van der Waals surface area contributed by atoms with Gasteiger partial charge in [-0.3, -0.25) is 4.79 Å². The third kappa shape index (κ3) is 1.87. The van der Waals surface area contributed by atoms with Crippen molar-refractivity contribution >= 4 is 21.7 Å². The summed E-state index contributed by atoms with van der Waals surface area (Å²) in [6.07, 6.45) is -0.312. The molecule has 4 rings (SSSR count). The number of benzene rings is 2. The number of epoxide rings is 1. The number of rotatable bonds is 2. The molecule has 1 fully saturated rings. The highest BCUT2D eigenvalue weighted by Gasteiger charge is 2.45. The molecule has 106 valence electrons. The normalized spacial score (nSPS) is 20.6. The number of ether oxygens (including phenoxy) is 1. The van der Waals surface area contributed by atoms with Crippen LogP contribution in [0.4, 0.5) is 0 Å². The van der Waals surface area contributed by atoms with E-state index in [1.54, 1.807) is 13.0 Å². The molecule has 1 saturated heterocycles. The van der Waals surface area contributed by atoms with E-state index in [4.69, 9.17) is 9.15 Å². The Morgan fingerprint density at radius 1 is 1.19 bits per heavy atom. The Morgan fingerprint density at radius 2 is 1.95 bits per heavy atom. The molecule has 0 unspecified atom stereocenters. The van der Waals surface area contributed by atoms with Gasteiger partial charge < -0.3 is 14.3 Å². The van der Waals surface area contributed by atoms with Crippen molar-refractivity contribution in [3.05, 3.63) is 58.4 Å². The summed E-state index contributed by atoms with van der Waals surface area (Å²) in [4.78, 5) is 12.3. The van der Waals surface area contributed by atoms with Crippen molar-refractivity contribution in [2.75, 3.05) is 6.61 Å². The summed E-state index contributed by atoms with van der Waals surface area (Å²) in [7, 11) is 0. The Bertz CT molecular complexity index is 903. The van der Waals surface area contributed by atoms with Gasteiger partial charge in [-0.2, -0.15) is 0 Å². The molecule has 0 radical (unpaired) electrons. The predicted molar refractivity (Wildman–Crippen MR) is 79.3 cm³/mol. The van der Waals surface area contributed by atoms with Gasteiger partial charge in [-0.15, -0.1) is 0 Å². The van der Waals surface area contributed by atoms with E-state index in [-0.39, 0.29) is 17.3 Å². The third-order valence-electron chi connectivity index (χ3n) is 4.08. The molecule has 4 nitrogen and oxygen atoms in total. The fourth-order valence-corrected chi connectivity index (χ4v) is 2.66. The minimum absolute atomic E-state index is 0.155. The van der Waals surface area contributed by atoms with Crippen molar-refractivity contribution in [3.8, 4) is 0 Å². The molecule has 1 N–H and O–H groups in total. The van der Waals surface area contributed by atoms with Gasteiger partial charge >= 0.3 is 0 Å². The summed E-state index contributed by atoms with van der Waals surface area (Å²) < 4.78 is 11.0. The third-order valence-corrected chi connectivity index (χ3v) is 4.08. The molecule has 1 aromatic heterocycles. The lowest BCUT2D eigenvalue weighted by molar-refractivity contribution is 0.00613. The van der Waals surface area contributed by atoms with Crippen LogP contribution in [0.25, 0.3) is 21.7 Å². The maximum absolute atomic E-state index is 12.3. The average Bonchev–Trinajstić information content (AvgIpc) is 3.32. The minimum atomic E-state index is -1.29. The first-order chi connectivity index (χ1) is 10.1. The average molecular weight is 282 g/mol. The first-order valence-corrected chi connectivity index (χ1v) is 6.87. The SMILES string of the molecule is C[C@](O)(c1cc(=O)c2ccc3ccccc3c2o1)[C@@H]1CO1. The fraction of sp³-hybridized carbons (Fsp3) is 0.235. The molecular weight excluding hydrogens is 268 g/mol. The van der Waals surface area contributed by atoms with Crippen molar-refractivity contribution in [2.24, 2.45) is 0 Å². The van der Waals surface area contributed by atoms with Crippen molar-refractivity contribution in [1.82, 2.24) is 0 Å². The Hall–Kier alpha value is -2.17. The van der Waals surface area contributed by atoms with Crippen LogP contribution in [0.2, 0.25) is 0 Å². The molecule has 4 heteroatoms. The van der Waals surface area contributed by atoms with Gasteiger partial charge in [0.15, 0.2) is 5.43 Å². The van der Waals surface area contributed by atoms with Crippen LogP contribution >= 0.6 is 0 Å². The fourth-order valence-electron chi connectivity index (χ4n) is 2.66. The van der Waals surface area contributed by atoms with E-state index in [1.165, 1.54) is 6.07 Å². The van der Waals surface area contributed by atoms with Crippen molar-refractivity contribution < 1.29 is 14.3 Å². The first-order valence-electron chi connectivity index (χ1n) is 6.87. The van der Waals surface area contributed by atoms with E-state index >= 15 is 0 Å². The van der Waals surface area contributed by atoms with Crippen LogP contribution in [0, 0.1) is 0 Å². The van der Waals surface area contributed by atoms with Crippen LogP contribution < -0.4 is 5.43 Å². The Kier molecular flexibility index (Phi) is 2.49. The quantitative estimate of drug-likeness (QED) is 0.579. The van der Waals surface area contributed by atoms with Gasteiger partial charge in [0.1, 0.15) is 23.0 Å². The molecular formula is C17H14O4. The molecule has 1 aliphatic rings. The van der Waals surface area contributed by atoms with Gasteiger partial charge in [0.2, 0.25) is 0 Å². The van der Waals surface area contributed by atoms with Gasteiger partial charge in [-0.05, 0) is 18.4 Å². The zero-order valence-electron chi connectivity index (χ0n) is 11.5. The van der Waals surface area contributed by atoms with E-state index in [1.807, 2.05) is 30.3 Å². The Labute approximate surface area is 120 Å². The zero-order valence-corrected chi connectivity index (χ0v) is 11.5. The van der Waals surface area contributed by atoms with Crippen LogP contribution in [0.3, 0.4) is 0 Å². The standard InChI is InChI=1S/C17H14O4/c1-17(19,15-9-20-15)14-8-13(18)12-7-6-10-4-2-3-5-11(10)16(12)21-14/h2-8,15,19H,9H2,1H3/t15-,17-/m0/s1. The summed E-state index contributed by atoms with van der Waals surface area (Å²) in [5, 5.41) is 12.9. The maximum atomic E-state index is 12.3. The van der Waals surface area contributed by atoms with Crippen LogP contribution in [0.5, 0.6) is 0 Å². The van der Waals surface area contributed by atoms with Crippen LogP contribution in [-0.2, 0) is 10.3 Å². The first kappa shape index (κ1) is 12.6. The second-order valence-corrected chi connectivity index (χ2v) is 5.61. The number of fused-ring (bicyclic) bond motifs is 3. The maximum Gasteiger partial charge on any atom is 0.193 e. The predicted octanol–water partition coefficient (Wildman–Crippen LogP) is 2.55. The Balaban J connectivity index is 2.07. The zero-order chi connectivity index (χ0) is 14.6. The van der Waals surface area contributed by atoms with Gasteiger partial charge in [0, 0.05) is 11.5 Å². The molecule has 1 aliphatic heterocycles. The smallest absolute Gasteiger partial charge is 0.193 e. The highest BCUT2D eigenvalue weighted by atomic mass is 16.6. The van der Waals surface area contributed by atoms with Gasteiger partial charge in [0.05, 0.1) is 12.0 Å². The minimum Gasteiger partial charge on any atom is -0.457 e. The second-order valence-electron chi connectivity index (χ2n) is 5.61. The van der Waals surface area contributed by atoms with Crippen molar-refractivity contribution in [2.45, 2.75) is 18.6 Å². The number of hydrogen-bond acceptors (Lipinski definition) is 4. The van der Waals surface area contributed by atoms with E-state index in [2.05, 4.69) is 0 Å². The lowest BCUT2D eigenvalue weighted by Crippen LogP contribution is -2.29. The topological polar surface area (TPSA) is 63.0 Å². The number of aliphatic hydroxyl groups is 1. The molecule has 3 aromatic rings. The van der Waals surface area contributed by atoms with Gasteiger partial charge in [0.25, 0.3) is 0 Å². The monoisotopic (exact) mass is 282 g/mol. The molecule has 0 saturated carbocycles. The highest BCUT2D eigenvalue weighted by Crippen LogP contribution is 2.35. The summed E-state index contributed by atoms with van der Waals surface area (Å²) in [6, 6.07) is 12.7. The molecule has 2 atom stereocenters. The van der Waals surface area contributed by atoms with E-state index in [0.717, 1.165) is 10.8 Å². The van der Waals surface area contributed by atoms with E-state index < -0.39 is 5.60 Å². The lowest BCUT2D eigenvalue weighted by atomic mass is 9.98. The van der Waals surface area contributed by atoms with Crippen molar-refractivity contribution in [3.63, 3.8) is 0 Å². The van der Waals surface area contributed by atoms with Crippen LogP contribution in [-0.4, -0.2) is 17.8 Å².